The van der Waals surface area contributed by atoms with Crippen molar-refractivity contribution in [3.8, 4) is 11.4 Å². The quantitative estimate of drug-likeness (QED) is 0.926. The van der Waals surface area contributed by atoms with Gasteiger partial charge >= 0.3 is 0 Å². The average Bonchev–Trinajstić information content (AvgIpc) is 2.61. The van der Waals surface area contributed by atoms with E-state index in [4.69, 9.17) is 0 Å². The van der Waals surface area contributed by atoms with Crippen LogP contribution in [0.1, 0.15) is 37.4 Å². The molecule has 0 saturated carbocycles. The van der Waals surface area contributed by atoms with E-state index < -0.39 is 0 Å². The van der Waals surface area contributed by atoms with E-state index in [1.54, 1.807) is 0 Å². The molecule has 1 amide bonds. The predicted octanol–water partition coefficient (Wildman–Crippen LogP) is 2.33. The van der Waals surface area contributed by atoms with Crippen molar-refractivity contribution >= 4 is 5.91 Å². The summed E-state index contributed by atoms with van der Waals surface area (Å²) in [6.07, 6.45) is 2.73. The molecule has 0 atom stereocenters. The number of likely N-dealkylation sites (tertiary alicyclic amines) is 1. The minimum absolute atomic E-state index is 0.0934. The number of hydrogen-bond donors (Lipinski definition) is 1. The minimum atomic E-state index is -0.272. The highest BCUT2D eigenvalue weighted by molar-refractivity contribution is 5.76. The molecule has 1 aliphatic rings. The third-order valence-electron chi connectivity index (χ3n) is 4.77. The van der Waals surface area contributed by atoms with Gasteiger partial charge in [-0.2, -0.15) is 0 Å². The summed E-state index contributed by atoms with van der Waals surface area (Å²) < 4.78 is 0. The Balaban J connectivity index is 1.64. The summed E-state index contributed by atoms with van der Waals surface area (Å²) in [6.45, 7) is 5.83. The van der Waals surface area contributed by atoms with Crippen LogP contribution in [0.2, 0.25) is 0 Å². The minimum Gasteiger partial charge on any atom is -0.343 e. The molecule has 132 valence electrons. The summed E-state index contributed by atoms with van der Waals surface area (Å²) >= 11 is 0. The molecular formula is C19H24N4O2. The van der Waals surface area contributed by atoms with Crippen LogP contribution in [0.15, 0.2) is 29.1 Å². The third kappa shape index (κ3) is 4.32. The highest BCUT2D eigenvalue weighted by Crippen LogP contribution is 2.17. The number of piperidine rings is 1. The number of carbonyl (C=O) groups is 1. The van der Waals surface area contributed by atoms with Crippen LogP contribution in [0.3, 0.4) is 0 Å². The molecule has 1 aromatic heterocycles. The first-order valence-corrected chi connectivity index (χ1v) is 8.83. The number of benzene rings is 1. The highest BCUT2D eigenvalue weighted by Gasteiger charge is 2.20. The largest absolute Gasteiger partial charge is 0.343 e. The SMILES string of the molecule is Cc1cccc(-c2nnc(CCC(=O)N3CCC(C)CC3)c(=O)[nH]2)c1. The number of nitrogens with one attached hydrogen (secondary N) is 1. The van der Waals surface area contributed by atoms with Crippen LogP contribution in [0.5, 0.6) is 0 Å². The summed E-state index contributed by atoms with van der Waals surface area (Å²) in [5.41, 5.74) is 1.96. The Bertz CT molecular complexity index is 807. The number of aryl methyl sites for hydroxylation is 2. The Hall–Kier alpha value is -2.50. The van der Waals surface area contributed by atoms with Crippen molar-refractivity contribution in [2.45, 2.75) is 39.5 Å². The number of aromatic amines is 1. The van der Waals surface area contributed by atoms with Gasteiger partial charge in [0.25, 0.3) is 5.56 Å². The molecule has 0 unspecified atom stereocenters. The van der Waals surface area contributed by atoms with E-state index in [1.807, 2.05) is 36.1 Å². The van der Waals surface area contributed by atoms with Crippen molar-refractivity contribution in [1.82, 2.24) is 20.1 Å². The van der Waals surface area contributed by atoms with E-state index in [0.29, 0.717) is 30.3 Å². The van der Waals surface area contributed by atoms with Gasteiger partial charge in [0.05, 0.1) is 0 Å². The van der Waals surface area contributed by atoms with Gasteiger partial charge in [-0.3, -0.25) is 9.59 Å². The van der Waals surface area contributed by atoms with Crippen LogP contribution in [0, 0.1) is 12.8 Å². The monoisotopic (exact) mass is 340 g/mol. The fourth-order valence-electron chi connectivity index (χ4n) is 3.09. The van der Waals surface area contributed by atoms with Gasteiger partial charge in [0.1, 0.15) is 5.69 Å². The summed E-state index contributed by atoms with van der Waals surface area (Å²) in [6, 6.07) is 7.72. The molecule has 3 rings (SSSR count). The second-order valence-electron chi connectivity index (χ2n) is 6.88. The van der Waals surface area contributed by atoms with Crippen LogP contribution in [0.4, 0.5) is 0 Å². The first-order chi connectivity index (χ1) is 12.0. The van der Waals surface area contributed by atoms with Gasteiger partial charge in [-0.05, 0) is 31.7 Å². The first kappa shape index (κ1) is 17.3. The number of amides is 1. The molecule has 0 radical (unpaired) electrons. The number of aromatic nitrogens is 3. The Kier molecular flexibility index (Phi) is 5.26. The van der Waals surface area contributed by atoms with Crippen LogP contribution in [-0.2, 0) is 11.2 Å². The van der Waals surface area contributed by atoms with Crippen molar-refractivity contribution in [1.29, 1.82) is 0 Å². The Morgan fingerprint density at radius 1 is 1.28 bits per heavy atom. The van der Waals surface area contributed by atoms with Crippen LogP contribution in [0.25, 0.3) is 11.4 Å². The molecule has 6 heteroatoms. The van der Waals surface area contributed by atoms with Crippen molar-refractivity contribution in [3.05, 3.63) is 45.9 Å². The first-order valence-electron chi connectivity index (χ1n) is 8.83. The van der Waals surface area contributed by atoms with Crippen LogP contribution in [-0.4, -0.2) is 39.1 Å². The molecule has 2 heterocycles. The Morgan fingerprint density at radius 2 is 2.04 bits per heavy atom. The van der Waals surface area contributed by atoms with Gasteiger partial charge in [-0.25, -0.2) is 0 Å². The van der Waals surface area contributed by atoms with E-state index in [0.717, 1.165) is 37.1 Å². The molecule has 0 bridgehead atoms. The van der Waals surface area contributed by atoms with Crippen molar-refractivity contribution < 1.29 is 4.79 Å². The smallest absolute Gasteiger partial charge is 0.273 e. The van der Waals surface area contributed by atoms with Crippen LogP contribution < -0.4 is 5.56 Å². The molecule has 6 nitrogen and oxygen atoms in total. The predicted molar refractivity (Wildman–Crippen MR) is 96.1 cm³/mol. The third-order valence-corrected chi connectivity index (χ3v) is 4.77. The lowest BCUT2D eigenvalue weighted by molar-refractivity contribution is -0.132. The highest BCUT2D eigenvalue weighted by atomic mass is 16.2. The van der Waals surface area contributed by atoms with Gasteiger partial charge in [0.2, 0.25) is 5.91 Å². The summed E-state index contributed by atoms with van der Waals surface area (Å²) in [4.78, 5) is 29.2. The van der Waals surface area contributed by atoms with Gasteiger partial charge < -0.3 is 9.88 Å². The number of rotatable bonds is 4. The summed E-state index contributed by atoms with van der Waals surface area (Å²) in [5.74, 6) is 1.23. The van der Waals surface area contributed by atoms with E-state index in [9.17, 15) is 9.59 Å². The van der Waals surface area contributed by atoms with E-state index in [2.05, 4.69) is 22.1 Å². The van der Waals surface area contributed by atoms with Crippen molar-refractivity contribution in [2.24, 2.45) is 5.92 Å². The lowest BCUT2D eigenvalue weighted by Gasteiger charge is -2.30. The second kappa shape index (κ2) is 7.59. The number of hydrogen-bond acceptors (Lipinski definition) is 4. The molecule has 1 saturated heterocycles. The lowest BCUT2D eigenvalue weighted by Crippen LogP contribution is -2.38. The lowest BCUT2D eigenvalue weighted by atomic mass is 9.99. The Labute approximate surface area is 147 Å². The maximum atomic E-state index is 12.3. The van der Waals surface area contributed by atoms with Gasteiger partial charge in [0.15, 0.2) is 5.82 Å². The molecule has 1 aromatic carbocycles. The zero-order valence-electron chi connectivity index (χ0n) is 14.8. The van der Waals surface area contributed by atoms with E-state index in [1.165, 1.54) is 0 Å². The molecule has 1 aliphatic heterocycles. The molecule has 1 fully saturated rings. The zero-order valence-corrected chi connectivity index (χ0v) is 14.8. The number of carbonyl (C=O) groups excluding carboxylic acids is 1. The normalized spacial score (nSPS) is 15.4. The van der Waals surface area contributed by atoms with Gasteiger partial charge in [0, 0.05) is 31.5 Å². The van der Waals surface area contributed by atoms with Gasteiger partial charge in [-0.1, -0.05) is 30.7 Å². The molecule has 1 N–H and O–H groups in total. The maximum absolute atomic E-state index is 12.3. The fraction of sp³-hybridized carbons (Fsp3) is 0.474. The standard InChI is InChI=1S/C19H24N4O2/c1-13-8-10-23(11-9-13)17(24)7-6-16-19(25)20-18(22-21-16)15-5-3-4-14(2)12-15/h3-5,12-13H,6-11H2,1-2H3,(H,20,22,25). The molecule has 25 heavy (non-hydrogen) atoms. The molecule has 0 aliphatic carbocycles. The number of H-pyrrole nitrogens is 1. The van der Waals surface area contributed by atoms with E-state index >= 15 is 0 Å². The topological polar surface area (TPSA) is 79.0 Å². The average molecular weight is 340 g/mol. The summed E-state index contributed by atoms with van der Waals surface area (Å²) in [5, 5.41) is 8.17. The Morgan fingerprint density at radius 3 is 2.72 bits per heavy atom. The van der Waals surface area contributed by atoms with E-state index in [-0.39, 0.29) is 11.5 Å². The molecule has 2 aromatic rings. The maximum Gasteiger partial charge on any atom is 0.273 e. The number of nitrogens with zero attached hydrogens (tertiary/aromatic N) is 3. The zero-order chi connectivity index (χ0) is 17.8. The molecular weight excluding hydrogens is 316 g/mol. The van der Waals surface area contributed by atoms with Crippen molar-refractivity contribution in [3.63, 3.8) is 0 Å². The fourth-order valence-corrected chi connectivity index (χ4v) is 3.09. The molecule has 0 spiro atoms. The summed E-state index contributed by atoms with van der Waals surface area (Å²) in [7, 11) is 0. The van der Waals surface area contributed by atoms with Gasteiger partial charge in [-0.15, -0.1) is 10.2 Å². The van der Waals surface area contributed by atoms with Crippen LogP contribution >= 0.6 is 0 Å². The second-order valence-corrected chi connectivity index (χ2v) is 6.88. The van der Waals surface area contributed by atoms with Crippen molar-refractivity contribution in [2.75, 3.05) is 13.1 Å².